The lowest BCUT2D eigenvalue weighted by Crippen LogP contribution is -1.99. The van der Waals surface area contributed by atoms with E-state index in [4.69, 9.17) is 15.6 Å². The number of hydrogen-bond donors (Lipinski definition) is 1. The highest BCUT2D eigenvalue weighted by atomic mass is 16.4. The molecule has 0 spiro atoms. The molecule has 0 aliphatic heterocycles. The van der Waals surface area contributed by atoms with Gasteiger partial charge in [0.2, 0.25) is 0 Å². The number of benzene rings is 1. The molecule has 0 saturated carbocycles. The molecule has 1 aromatic carbocycles. The Morgan fingerprint density at radius 2 is 1.71 bits per heavy atom. The first-order chi connectivity index (χ1) is 8.15. The predicted octanol–water partition coefficient (Wildman–Crippen LogP) is 1.07. The van der Waals surface area contributed by atoms with E-state index >= 15 is 0 Å². The zero-order chi connectivity index (χ0) is 12.4. The number of rotatable bonds is 1. The molecule has 0 bridgehead atoms. The van der Waals surface area contributed by atoms with Gasteiger partial charge in [0.15, 0.2) is 11.4 Å². The molecular formula is C11H4N4O2. The third kappa shape index (κ3) is 1.75. The van der Waals surface area contributed by atoms with E-state index in [0.717, 1.165) is 0 Å². The van der Waals surface area contributed by atoms with Crippen molar-refractivity contribution in [3.63, 3.8) is 0 Å². The summed E-state index contributed by atoms with van der Waals surface area (Å²) in [5, 5.41) is 26.3. The molecular weight excluding hydrogens is 220 g/mol. The van der Waals surface area contributed by atoms with Crippen LogP contribution in [0.5, 0.6) is 0 Å². The lowest BCUT2D eigenvalue weighted by atomic mass is 10.2. The highest BCUT2D eigenvalue weighted by Gasteiger charge is 2.10. The van der Waals surface area contributed by atoms with E-state index in [0.29, 0.717) is 5.52 Å². The zero-order valence-electron chi connectivity index (χ0n) is 8.38. The van der Waals surface area contributed by atoms with Crippen LogP contribution in [-0.2, 0) is 0 Å². The Bertz CT molecular complexity index is 710. The molecule has 0 fully saturated rings. The van der Waals surface area contributed by atoms with Gasteiger partial charge in [-0.05, 0) is 18.2 Å². The van der Waals surface area contributed by atoms with Crippen LogP contribution < -0.4 is 0 Å². The minimum absolute atomic E-state index is 0.0559. The molecule has 0 saturated heterocycles. The van der Waals surface area contributed by atoms with Gasteiger partial charge in [0, 0.05) is 0 Å². The normalized spacial score (nSPS) is 9.53. The summed E-state index contributed by atoms with van der Waals surface area (Å²) in [6.45, 7) is 0. The second kappa shape index (κ2) is 3.87. The molecule has 1 N–H and O–H groups in total. The minimum Gasteiger partial charge on any atom is -0.478 e. The average molecular weight is 224 g/mol. The molecule has 17 heavy (non-hydrogen) atoms. The number of aromatic nitrogens is 2. The van der Waals surface area contributed by atoms with Gasteiger partial charge in [-0.3, -0.25) is 0 Å². The van der Waals surface area contributed by atoms with Crippen LogP contribution in [0.15, 0.2) is 18.2 Å². The van der Waals surface area contributed by atoms with Gasteiger partial charge in [-0.25, -0.2) is 14.8 Å². The quantitative estimate of drug-likeness (QED) is 0.775. The van der Waals surface area contributed by atoms with E-state index in [2.05, 4.69) is 9.97 Å². The van der Waals surface area contributed by atoms with E-state index in [1.165, 1.54) is 18.2 Å². The first kappa shape index (κ1) is 10.5. The van der Waals surface area contributed by atoms with E-state index in [1.54, 1.807) is 12.1 Å². The lowest BCUT2D eigenvalue weighted by molar-refractivity contribution is 0.0697. The summed E-state index contributed by atoms with van der Waals surface area (Å²) < 4.78 is 0. The summed E-state index contributed by atoms with van der Waals surface area (Å²) in [6, 6.07) is 7.64. The average Bonchev–Trinajstić information content (AvgIpc) is 2.36. The molecule has 0 aliphatic rings. The van der Waals surface area contributed by atoms with Gasteiger partial charge in [0.25, 0.3) is 0 Å². The van der Waals surface area contributed by atoms with Gasteiger partial charge in [-0.15, -0.1) is 0 Å². The van der Waals surface area contributed by atoms with Crippen LogP contribution in [0, 0.1) is 22.7 Å². The molecule has 0 amide bonds. The molecule has 0 radical (unpaired) electrons. The fourth-order valence-electron chi connectivity index (χ4n) is 1.34. The summed E-state index contributed by atoms with van der Waals surface area (Å²) >= 11 is 0. The molecule has 0 aliphatic carbocycles. The van der Waals surface area contributed by atoms with Crippen molar-refractivity contribution in [1.29, 1.82) is 10.5 Å². The van der Waals surface area contributed by atoms with Crippen LogP contribution in [-0.4, -0.2) is 21.0 Å². The van der Waals surface area contributed by atoms with Crippen molar-refractivity contribution in [2.45, 2.75) is 0 Å². The number of fused-ring (bicyclic) bond motifs is 1. The fraction of sp³-hybridized carbons (Fsp3) is 0. The number of carbonyl (C=O) groups is 1. The molecule has 2 rings (SSSR count). The maximum atomic E-state index is 10.8. The van der Waals surface area contributed by atoms with Gasteiger partial charge >= 0.3 is 5.97 Å². The number of carboxylic acid groups (broad SMARTS) is 1. The summed E-state index contributed by atoms with van der Waals surface area (Å²) in [7, 11) is 0. The Hall–Kier alpha value is -2.99. The van der Waals surface area contributed by atoms with Gasteiger partial charge in [0.1, 0.15) is 12.1 Å². The second-order valence-electron chi connectivity index (χ2n) is 3.15. The molecule has 6 heteroatoms. The number of carboxylic acids is 1. The number of hydrogen-bond acceptors (Lipinski definition) is 5. The van der Waals surface area contributed by atoms with Crippen molar-refractivity contribution in [1.82, 2.24) is 9.97 Å². The Kier molecular flexibility index (Phi) is 2.40. The van der Waals surface area contributed by atoms with Gasteiger partial charge in [0.05, 0.1) is 16.6 Å². The molecule has 1 heterocycles. The number of aromatic carboxylic acids is 1. The minimum atomic E-state index is -1.09. The van der Waals surface area contributed by atoms with Crippen LogP contribution >= 0.6 is 0 Å². The van der Waals surface area contributed by atoms with Gasteiger partial charge in [-0.1, -0.05) is 0 Å². The van der Waals surface area contributed by atoms with Crippen molar-refractivity contribution < 1.29 is 9.90 Å². The summed E-state index contributed by atoms with van der Waals surface area (Å²) in [5.74, 6) is -1.09. The van der Waals surface area contributed by atoms with Crippen molar-refractivity contribution in [3.05, 3.63) is 35.2 Å². The molecule has 2 aromatic rings. The lowest BCUT2D eigenvalue weighted by Gasteiger charge is -2.00. The number of nitriles is 2. The van der Waals surface area contributed by atoms with Crippen molar-refractivity contribution in [2.24, 2.45) is 0 Å². The maximum absolute atomic E-state index is 10.8. The van der Waals surface area contributed by atoms with E-state index in [9.17, 15) is 4.79 Å². The van der Waals surface area contributed by atoms with E-state index < -0.39 is 5.97 Å². The van der Waals surface area contributed by atoms with Crippen molar-refractivity contribution in [2.75, 3.05) is 0 Å². The van der Waals surface area contributed by atoms with Crippen LogP contribution in [0.25, 0.3) is 11.0 Å². The third-order valence-electron chi connectivity index (χ3n) is 2.12. The largest absolute Gasteiger partial charge is 0.478 e. The van der Waals surface area contributed by atoms with Crippen LogP contribution in [0.1, 0.15) is 21.7 Å². The van der Waals surface area contributed by atoms with Gasteiger partial charge in [-0.2, -0.15) is 10.5 Å². The highest BCUT2D eigenvalue weighted by molar-refractivity contribution is 5.92. The summed E-state index contributed by atoms with van der Waals surface area (Å²) in [6.07, 6.45) is 0. The van der Waals surface area contributed by atoms with Crippen LogP contribution in [0.4, 0.5) is 0 Å². The van der Waals surface area contributed by atoms with Gasteiger partial charge < -0.3 is 5.11 Å². The molecule has 0 atom stereocenters. The molecule has 80 valence electrons. The molecule has 1 aromatic heterocycles. The molecule has 0 unspecified atom stereocenters. The summed E-state index contributed by atoms with van der Waals surface area (Å²) in [4.78, 5) is 18.6. The SMILES string of the molecule is N#Cc1nc2ccc(C(=O)O)cc2nc1C#N. The smallest absolute Gasteiger partial charge is 0.335 e. The van der Waals surface area contributed by atoms with Crippen molar-refractivity contribution in [3.8, 4) is 12.1 Å². The van der Waals surface area contributed by atoms with Crippen LogP contribution in [0.2, 0.25) is 0 Å². The second-order valence-corrected chi connectivity index (χ2v) is 3.15. The van der Waals surface area contributed by atoms with Crippen molar-refractivity contribution >= 4 is 17.0 Å². The van der Waals surface area contributed by atoms with Crippen LogP contribution in [0.3, 0.4) is 0 Å². The monoisotopic (exact) mass is 224 g/mol. The Labute approximate surface area is 95.4 Å². The topological polar surface area (TPSA) is 111 Å². The third-order valence-corrected chi connectivity index (χ3v) is 2.12. The first-order valence-electron chi connectivity index (χ1n) is 4.51. The Morgan fingerprint density at radius 3 is 2.24 bits per heavy atom. The Balaban J connectivity index is 2.77. The predicted molar refractivity (Wildman–Crippen MR) is 55.9 cm³/mol. The van der Waals surface area contributed by atoms with E-state index in [1.807, 2.05) is 0 Å². The highest BCUT2D eigenvalue weighted by Crippen LogP contribution is 2.14. The fourth-order valence-corrected chi connectivity index (χ4v) is 1.34. The summed E-state index contributed by atoms with van der Waals surface area (Å²) in [5.41, 5.74) is 0.539. The molecule has 6 nitrogen and oxygen atoms in total. The maximum Gasteiger partial charge on any atom is 0.335 e. The first-order valence-corrected chi connectivity index (χ1v) is 4.51. The van der Waals surface area contributed by atoms with E-state index in [-0.39, 0.29) is 22.5 Å². The number of nitrogens with zero attached hydrogens (tertiary/aromatic N) is 4. The Morgan fingerprint density at radius 1 is 1.12 bits per heavy atom. The zero-order valence-corrected chi connectivity index (χ0v) is 8.38. The standard InChI is InChI=1S/C11H4N4O2/c12-4-9-10(5-13)15-8-3-6(11(16)17)1-2-7(8)14-9/h1-3H,(H,16,17).